The van der Waals surface area contributed by atoms with Crippen LogP contribution in [0.1, 0.15) is 0 Å². The summed E-state index contributed by atoms with van der Waals surface area (Å²) in [7, 11) is 4.41. The predicted octanol–water partition coefficient (Wildman–Crippen LogP) is 14.1. The minimum Gasteiger partial charge on any atom is -0.344 e. The number of aromatic nitrogens is 2. The average molecular weight is 687 g/mol. The Morgan fingerprint density at radius 2 is 0.611 bits per heavy atom. The van der Waals surface area contributed by atoms with Crippen LogP contribution in [0.2, 0.25) is 0 Å². The van der Waals surface area contributed by atoms with Crippen molar-refractivity contribution in [3.63, 3.8) is 0 Å². The molecule has 54 heavy (non-hydrogen) atoms. The monoisotopic (exact) mass is 686 g/mol. The van der Waals surface area contributed by atoms with Gasteiger partial charge in [-0.2, -0.15) is 0 Å². The molecule has 2 aromatic heterocycles. The van der Waals surface area contributed by atoms with Gasteiger partial charge in [0.25, 0.3) is 0 Å². The van der Waals surface area contributed by atoms with Crippen LogP contribution in [0.3, 0.4) is 0 Å². The third-order valence-corrected chi connectivity index (χ3v) is 12.2. The number of rotatable bonds is 2. The fourth-order valence-electron chi connectivity index (χ4n) is 9.30. The highest BCUT2D eigenvalue weighted by atomic mass is 14.9. The molecule has 0 N–H and O–H groups in total. The molecular formula is C52H34N2. The molecule has 0 spiro atoms. The molecule has 0 fully saturated rings. The Labute approximate surface area is 311 Å². The molecule has 2 nitrogen and oxygen atoms in total. The van der Waals surface area contributed by atoms with Gasteiger partial charge in [0.1, 0.15) is 0 Å². The third kappa shape index (κ3) is 4.28. The van der Waals surface area contributed by atoms with Crippen LogP contribution in [-0.4, -0.2) is 9.13 Å². The Morgan fingerprint density at radius 3 is 1.04 bits per heavy atom. The van der Waals surface area contributed by atoms with Gasteiger partial charge in [0, 0.05) is 47.3 Å². The molecule has 0 aliphatic carbocycles. The Balaban J connectivity index is 0.986. The van der Waals surface area contributed by atoms with Crippen molar-refractivity contribution >= 4 is 97.2 Å². The molecule has 12 aromatic rings. The highest BCUT2D eigenvalue weighted by Crippen LogP contribution is 2.39. The topological polar surface area (TPSA) is 9.86 Å². The lowest BCUT2D eigenvalue weighted by molar-refractivity contribution is 0.979. The van der Waals surface area contributed by atoms with Gasteiger partial charge in [0.2, 0.25) is 0 Å². The van der Waals surface area contributed by atoms with E-state index >= 15 is 0 Å². The van der Waals surface area contributed by atoms with Gasteiger partial charge in [-0.1, -0.05) is 97.1 Å². The van der Waals surface area contributed by atoms with Crippen LogP contribution in [0.25, 0.3) is 120 Å². The summed E-state index contributed by atoms with van der Waals surface area (Å²) >= 11 is 0. The largest absolute Gasteiger partial charge is 0.344 e. The van der Waals surface area contributed by atoms with Gasteiger partial charge in [-0.15, -0.1) is 0 Å². The fourth-order valence-corrected chi connectivity index (χ4v) is 9.30. The second-order valence-corrected chi connectivity index (χ2v) is 15.2. The van der Waals surface area contributed by atoms with E-state index in [-0.39, 0.29) is 0 Å². The highest BCUT2D eigenvalue weighted by Gasteiger charge is 2.15. The maximum atomic E-state index is 2.40. The summed E-state index contributed by atoms with van der Waals surface area (Å²) in [5, 5.41) is 20.4. The molecule has 10 aromatic carbocycles. The Morgan fingerprint density at radius 1 is 0.259 bits per heavy atom. The molecular weight excluding hydrogens is 653 g/mol. The van der Waals surface area contributed by atoms with Crippen LogP contribution >= 0.6 is 0 Å². The van der Waals surface area contributed by atoms with E-state index in [4.69, 9.17) is 0 Å². The second-order valence-electron chi connectivity index (χ2n) is 15.2. The summed E-state index contributed by atoms with van der Waals surface area (Å²) in [5.74, 6) is 0. The summed E-state index contributed by atoms with van der Waals surface area (Å²) in [6.45, 7) is 0. The fraction of sp³-hybridized carbons (Fsp3) is 0.0385. The molecule has 0 saturated heterocycles. The van der Waals surface area contributed by atoms with Crippen molar-refractivity contribution in [3.05, 3.63) is 170 Å². The van der Waals surface area contributed by atoms with Gasteiger partial charge in [-0.3, -0.25) is 0 Å². The van der Waals surface area contributed by atoms with Crippen molar-refractivity contribution < 1.29 is 0 Å². The summed E-state index contributed by atoms with van der Waals surface area (Å²) in [5.41, 5.74) is 7.42. The summed E-state index contributed by atoms with van der Waals surface area (Å²) in [6, 6.07) is 63.7. The maximum Gasteiger partial charge on any atom is 0.0489 e. The van der Waals surface area contributed by atoms with Crippen LogP contribution in [0.15, 0.2) is 170 Å². The standard InChI is InChI=1S/C52H34N2/c1-53-49(39-13-11-35-19-31-7-3-5-9-33(31)21-41(35)25-39)27-43-23-37-15-18-46-45(47(37)29-51(43)53)17-16-38-24-44-28-50(54(2)52(44)30-48(38)46)40-14-12-36-20-32-8-4-6-10-34(32)22-42(36)26-40/h3-30H,1-2H3. The summed E-state index contributed by atoms with van der Waals surface area (Å²) < 4.78 is 4.72. The Hall–Kier alpha value is -6.90. The van der Waals surface area contributed by atoms with Gasteiger partial charge >= 0.3 is 0 Å². The van der Waals surface area contributed by atoms with Gasteiger partial charge < -0.3 is 9.13 Å². The van der Waals surface area contributed by atoms with Crippen LogP contribution in [0, 0.1) is 0 Å². The minimum absolute atomic E-state index is 1.23. The maximum absolute atomic E-state index is 2.40. The molecule has 0 amide bonds. The van der Waals surface area contributed by atoms with E-state index in [1.165, 1.54) is 120 Å². The molecule has 252 valence electrons. The van der Waals surface area contributed by atoms with E-state index in [1.54, 1.807) is 0 Å². The Kier molecular flexibility index (Phi) is 5.94. The van der Waals surface area contributed by atoms with Gasteiger partial charge in [-0.25, -0.2) is 0 Å². The molecule has 0 bridgehead atoms. The van der Waals surface area contributed by atoms with Crippen molar-refractivity contribution in [1.82, 2.24) is 9.13 Å². The quantitative estimate of drug-likeness (QED) is 0.127. The van der Waals surface area contributed by atoms with Gasteiger partial charge in [0.05, 0.1) is 0 Å². The normalized spacial score (nSPS) is 12.3. The molecule has 2 heteroatoms. The predicted molar refractivity (Wildman–Crippen MR) is 233 cm³/mol. The molecule has 0 atom stereocenters. The van der Waals surface area contributed by atoms with E-state index in [9.17, 15) is 0 Å². The summed E-state index contributed by atoms with van der Waals surface area (Å²) in [4.78, 5) is 0. The van der Waals surface area contributed by atoms with E-state index in [1.807, 2.05) is 0 Å². The van der Waals surface area contributed by atoms with E-state index in [2.05, 4.69) is 193 Å². The molecule has 12 rings (SSSR count). The van der Waals surface area contributed by atoms with E-state index in [0.29, 0.717) is 0 Å². The number of hydrogen-bond acceptors (Lipinski definition) is 0. The van der Waals surface area contributed by atoms with Crippen LogP contribution in [-0.2, 0) is 14.1 Å². The first-order chi connectivity index (χ1) is 26.5. The first-order valence-electron chi connectivity index (χ1n) is 18.8. The smallest absolute Gasteiger partial charge is 0.0489 e. The van der Waals surface area contributed by atoms with Crippen LogP contribution < -0.4 is 0 Å². The Bertz CT molecular complexity index is 3340. The number of hydrogen-bond donors (Lipinski definition) is 0. The van der Waals surface area contributed by atoms with Crippen molar-refractivity contribution in [2.45, 2.75) is 0 Å². The van der Waals surface area contributed by atoms with Crippen LogP contribution in [0.5, 0.6) is 0 Å². The van der Waals surface area contributed by atoms with Crippen molar-refractivity contribution in [1.29, 1.82) is 0 Å². The minimum atomic E-state index is 1.23. The van der Waals surface area contributed by atoms with Gasteiger partial charge in [0.15, 0.2) is 0 Å². The van der Waals surface area contributed by atoms with E-state index < -0.39 is 0 Å². The number of benzene rings is 10. The SMILES string of the molecule is Cn1c(-c2ccc3cc4ccccc4cc3c2)cc2cc3ccc4c5cc6c(cc(-c7ccc8cc9ccccc9cc8c7)n6C)cc5ccc4c3cc21. The number of fused-ring (bicyclic) bond motifs is 11. The molecule has 0 aliphatic rings. The lowest BCUT2D eigenvalue weighted by atomic mass is 9.95. The van der Waals surface area contributed by atoms with Crippen molar-refractivity contribution in [2.75, 3.05) is 0 Å². The highest BCUT2D eigenvalue weighted by molar-refractivity contribution is 6.21. The van der Waals surface area contributed by atoms with Gasteiger partial charge in [-0.05, 0) is 159 Å². The molecule has 0 unspecified atom stereocenters. The molecule has 0 saturated carbocycles. The zero-order valence-electron chi connectivity index (χ0n) is 30.1. The molecule has 0 radical (unpaired) electrons. The van der Waals surface area contributed by atoms with Crippen LogP contribution in [0.4, 0.5) is 0 Å². The summed E-state index contributed by atoms with van der Waals surface area (Å²) in [6.07, 6.45) is 0. The third-order valence-electron chi connectivity index (χ3n) is 12.2. The number of aryl methyl sites for hydroxylation is 2. The van der Waals surface area contributed by atoms with E-state index in [0.717, 1.165) is 0 Å². The lowest BCUT2D eigenvalue weighted by Gasteiger charge is -2.11. The van der Waals surface area contributed by atoms with Crippen molar-refractivity contribution in [2.24, 2.45) is 14.1 Å². The molecule has 0 aliphatic heterocycles. The first kappa shape index (κ1) is 29.7. The molecule has 2 heterocycles. The van der Waals surface area contributed by atoms with Crippen molar-refractivity contribution in [3.8, 4) is 22.5 Å². The average Bonchev–Trinajstić information content (AvgIpc) is 3.71. The first-order valence-corrected chi connectivity index (χ1v) is 18.8. The zero-order chi connectivity index (χ0) is 35.7. The zero-order valence-corrected chi connectivity index (χ0v) is 30.1. The lowest BCUT2D eigenvalue weighted by Crippen LogP contribution is -1.92. The number of nitrogens with zero attached hydrogens (tertiary/aromatic N) is 2. The second kappa shape index (κ2) is 10.8.